The third kappa shape index (κ3) is 34.9. The lowest BCUT2D eigenvalue weighted by Crippen LogP contribution is -2.61. The van der Waals surface area contributed by atoms with E-state index in [1.807, 2.05) is 0 Å². The zero-order valence-corrected chi connectivity index (χ0v) is 46.9. The van der Waals surface area contributed by atoms with E-state index < -0.39 is 86.7 Å². The van der Waals surface area contributed by atoms with E-state index in [-0.39, 0.29) is 19.6 Å². The zero-order chi connectivity index (χ0) is 55.8. The second-order valence-corrected chi connectivity index (χ2v) is 19.7. The minimum absolute atomic E-state index is 0.0310. The SMILES string of the molecule is CC/C=C\C/C=C\C/C=C\C/C=C\C/C=C\C/C=C\C/C=C\CCCCCCOCC(COC1OC(COC2OC(CO)C(O)C(O)C2O)C(O)C(O)C1O)OC(=O)CCCCCCCCC/C=C\C/C=C\C/C=C\CC. The number of rotatable bonds is 45. The molecule has 2 aliphatic heterocycles. The Bertz CT molecular complexity index is 1730. The molecule has 2 fully saturated rings. The smallest absolute Gasteiger partial charge is 0.306 e. The van der Waals surface area contributed by atoms with Gasteiger partial charge in [0.25, 0.3) is 0 Å². The van der Waals surface area contributed by atoms with Crippen LogP contribution in [0.25, 0.3) is 0 Å². The predicted molar refractivity (Wildman–Crippen MR) is 307 cm³/mol. The van der Waals surface area contributed by atoms with Crippen molar-refractivity contribution in [3.63, 3.8) is 0 Å². The second kappa shape index (κ2) is 48.3. The first kappa shape index (κ1) is 69.5. The Morgan fingerprint density at radius 3 is 1.26 bits per heavy atom. The first-order valence-corrected chi connectivity index (χ1v) is 29.1. The van der Waals surface area contributed by atoms with Gasteiger partial charge in [0.15, 0.2) is 12.6 Å². The van der Waals surface area contributed by atoms with Crippen molar-refractivity contribution in [1.29, 1.82) is 0 Å². The van der Waals surface area contributed by atoms with Crippen molar-refractivity contribution in [3.05, 3.63) is 122 Å². The average Bonchev–Trinajstić information content (AvgIpc) is 3.43. The maximum absolute atomic E-state index is 13.1. The van der Waals surface area contributed by atoms with E-state index in [9.17, 15) is 40.5 Å². The Hall–Kier alpha value is -3.61. The highest BCUT2D eigenvalue weighted by Crippen LogP contribution is 2.26. The van der Waals surface area contributed by atoms with Gasteiger partial charge in [0, 0.05) is 13.0 Å². The molecule has 0 bridgehead atoms. The molecule has 11 unspecified atom stereocenters. The van der Waals surface area contributed by atoms with E-state index >= 15 is 0 Å². The first-order chi connectivity index (χ1) is 37.6. The number of hydrogen-bond acceptors (Lipinski definition) is 14. The summed E-state index contributed by atoms with van der Waals surface area (Å²) in [6.07, 6.45) is 51.1. The van der Waals surface area contributed by atoms with Crippen LogP contribution < -0.4 is 0 Å². The molecule has 7 N–H and O–H groups in total. The third-order valence-corrected chi connectivity index (χ3v) is 13.0. The van der Waals surface area contributed by atoms with E-state index in [1.165, 1.54) is 12.8 Å². The molecule has 2 aliphatic rings. The summed E-state index contributed by atoms with van der Waals surface area (Å²) in [4.78, 5) is 13.1. The summed E-state index contributed by atoms with van der Waals surface area (Å²) >= 11 is 0. The van der Waals surface area contributed by atoms with Crippen molar-refractivity contribution in [2.24, 2.45) is 0 Å². The van der Waals surface area contributed by atoms with Crippen LogP contribution in [0.5, 0.6) is 0 Å². The molecule has 438 valence electrons. The fraction of sp³-hybridized carbons (Fsp3) is 0.667. The minimum atomic E-state index is -1.72. The van der Waals surface area contributed by atoms with E-state index in [2.05, 4.69) is 135 Å². The monoisotopic (exact) mass is 1080 g/mol. The highest BCUT2D eigenvalue weighted by molar-refractivity contribution is 5.69. The van der Waals surface area contributed by atoms with Crippen molar-refractivity contribution < 1.29 is 69.0 Å². The number of ether oxygens (including phenoxy) is 6. The summed E-state index contributed by atoms with van der Waals surface area (Å²) in [5.41, 5.74) is 0. The number of hydrogen-bond donors (Lipinski definition) is 7. The van der Waals surface area contributed by atoms with Crippen molar-refractivity contribution >= 4 is 5.97 Å². The first-order valence-electron chi connectivity index (χ1n) is 29.1. The Morgan fingerprint density at radius 2 is 0.805 bits per heavy atom. The van der Waals surface area contributed by atoms with Gasteiger partial charge in [-0.05, 0) is 103 Å². The minimum Gasteiger partial charge on any atom is -0.457 e. The quantitative estimate of drug-likeness (QED) is 0.0172. The largest absolute Gasteiger partial charge is 0.457 e. The fourth-order valence-electron chi connectivity index (χ4n) is 8.34. The topological polar surface area (TPSA) is 214 Å². The summed E-state index contributed by atoms with van der Waals surface area (Å²) in [6.45, 7) is 3.36. The maximum atomic E-state index is 13.1. The number of aliphatic hydroxyl groups excluding tert-OH is 7. The second-order valence-electron chi connectivity index (χ2n) is 19.7. The average molecular weight is 1080 g/mol. The molecule has 0 aromatic carbocycles. The van der Waals surface area contributed by atoms with Crippen LogP contribution in [0, 0.1) is 0 Å². The number of carbonyl (C=O) groups excluding carboxylic acids is 1. The van der Waals surface area contributed by atoms with Gasteiger partial charge < -0.3 is 64.2 Å². The molecule has 2 saturated heterocycles. The lowest BCUT2D eigenvalue weighted by atomic mass is 9.98. The Morgan fingerprint density at radius 1 is 0.429 bits per heavy atom. The molecular formula is C63H102O14. The number of carbonyl (C=O) groups is 1. The van der Waals surface area contributed by atoms with E-state index in [1.54, 1.807) is 0 Å². The highest BCUT2D eigenvalue weighted by Gasteiger charge is 2.47. The third-order valence-electron chi connectivity index (χ3n) is 13.0. The normalized spacial score (nSPS) is 25.2. The van der Waals surface area contributed by atoms with Crippen LogP contribution >= 0.6 is 0 Å². The molecule has 2 heterocycles. The molecule has 0 spiro atoms. The van der Waals surface area contributed by atoms with Crippen molar-refractivity contribution in [2.45, 2.75) is 235 Å². The van der Waals surface area contributed by atoms with Gasteiger partial charge in [0.1, 0.15) is 54.9 Å². The number of esters is 1. The number of unbranched alkanes of at least 4 members (excludes halogenated alkanes) is 11. The lowest BCUT2D eigenvalue weighted by Gasteiger charge is -2.42. The Labute approximate surface area is 463 Å². The molecule has 0 radical (unpaired) electrons. The molecule has 0 aromatic heterocycles. The van der Waals surface area contributed by atoms with Crippen LogP contribution in [0.4, 0.5) is 0 Å². The molecule has 2 rings (SSSR count). The standard InChI is InChI=1S/C63H102O14/c1-3-5-7-9-11-13-15-17-19-21-22-23-24-25-26-27-28-29-31-33-35-37-39-41-43-45-47-72-49-52(75-55(65)46-44-42-40-38-36-34-32-30-20-18-16-14-12-10-8-6-4-2)50-73-62-61(71)59(69)57(67)54(77-62)51-74-63-60(70)58(68)56(66)53(48-64)76-63/h5-8,11-14,17-20,22-23,25-26,28-29,33,35,52-54,56-64,66-71H,3-4,9-10,15-16,21,24,27,30-32,34,36-51H2,1-2H3/b7-5-,8-6-,13-11-,14-12-,19-17-,20-18-,23-22-,26-25-,29-28-,35-33-. The van der Waals surface area contributed by atoms with Crippen LogP contribution in [0.1, 0.15) is 168 Å². The molecule has 14 heteroatoms. The number of allylic oxidation sites excluding steroid dienone is 20. The molecule has 0 amide bonds. The Kier molecular flexibility index (Phi) is 43.6. The molecule has 14 nitrogen and oxygen atoms in total. The molecule has 0 aliphatic carbocycles. The summed E-state index contributed by atoms with van der Waals surface area (Å²) in [7, 11) is 0. The summed E-state index contributed by atoms with van der Waals surface area (Å²) < 4.78 is 34.3. The van der Waals surface area contributed by atoms with Crippen LogP contribution in [0.3, 0.4) is 0 Å². The van der Waals surface area contributed by atoms with Gasteiger partial charge in [0.2, 0.25) is 0 Å². The highest BCUT2D eigenvalue weighted by atomic mass is 16.7. The fourth-order valence-corrected chi connectivity index (χ4v) is 8.34. The van der Waals surface area contributed by atoms with Gasteiger partial charge >= 0.3 is 5.97 Å². The summed E-state index contributed by atoms with van der Waals surface area (Å²) in [6, 6.07) is 0. The number of aliphatic hydroxyl groups is 7. The van der Waals surface area contributed by atoms with Gasteiger partial charge in [0.05, 0.1) is 26.4 Å². The molecule has 77 heavy (non-hydrogen) atoms. The van der Waals surface area contributed by atoms with Gasteiger partial charge in [-0.2, -0.15) is 0 Å². The molecular weight excluding hydrogens is 981 g/mol. The van der Waals surface area contributed by atoms with Crippen LogP contribution in [0.15, 0.2) is 122 Å². The summed E-state index contributed by atoms with van der Waals surface area (Å²) in [5.74, 6) is -0.401. The van der Waals surface area contributed by atoms with Gasteiger partial charge in [-0.3, -0.25) is 4.79 Å². The van der Waals surface area contributed by atoms with Gasteiger partial charge in [-0.15, -0.1) is 0 Å². The van der Waals surface area contributed by atoms with Crippen molar-refractivity contribution in [2.75, 3.05) is 33.0 Å². The van der Waals surface area contributed by atoms with Crippen LogP contribution in [0.2, 0.25) is 0 Å². The maximum Gasteiger partial charge on any atom is 0.306 e. The molecule has 0 aromatic rings. The van der Waals surface area contributed by atoms with Crippen molar-refractivity contribution in [3.8, 4) is 0 Å². The Balaban J connectivity index is 1.73. The predicted octanol–water partition coefficient (Wildman–Crippen LogP) is 10.5. The zero-order valence-electron chi connectivity index (χ0n) is 46.9. The van der Waals surface area contributed by atoms with Crippen LogP contribution in [-0.4, -0.2) is 142 Å². The molecule has 0 saturated carbocycles. The van der Waals surface area contributed by atoms with E-state index in [0.29, 0.717) is 13.0 Å². The summed E-state index contributed by atoms with van der Waals surface area (Å²) in [5, 5.41) is 72.4. The van der Waals surface area contributed by atoms with E-state index in [4.69, 9.17) is 28.4 Å². The van der Waals surface area contributed by atoms with Crippen LogP contribution in [-0.2, 0) is 33.2 Å². The molecule has 11 atom stereocenters. The van der Waals surface area contributed by atoms with Gasteiger partial charge in [-0.1, -0.05) is 180 Å². The van der Waals surface area contributed by atoms with Gasteiger partial charge in [-0.25, -0.2) is 0 Å². The lowest BCUT2D eigenvalue weighted by molar-refractivity contribution is -0.332. The van der Waals surface area contributed by atoms with E-state index in [0.717, 1.165) is 128 Å². The van der Waals surface area contributed by atoms with Crippen molar-refractivity contribution in [1.82, 2.24) is 0 Å².